The van der Waals surface area contributed by atoms with Gasteiger partial charge in [0.05, 0.1) is 11.7 Å². The molecule has 2 aromatic rings. The number of aryl methyl sites for hydroxylation is 1. The number of nitrogens with two attached hydrogens (primary N) is 1. The first-order chi connectivity index (χ1) is 7.81. The molecule has 0 spiro atoms. The monoisotopic (exact) mass is 217 g/mol. The summed E-state index contributed by atoms with van der Waals surface area (Å²) < 4.78 is 2.07. The Morgan fingerprint density at radius 1 is 1.38 bits per heavy atom. The molecule has 0 aliphatic carbocycles. The lowest BCUT2D eigenvalue weighted by atomic mass is 10.1. The van der Waals surface area contributed by atoms with Gasteiger partial charge < -0.3 is 5.73 Å². The number of hydrogen-bond acceptors (Lipinski definition) is 2. The van der Waals surface area contributed by atoms with Crippen LogP contribution in [-0.4, -0.2) is 15.8 Å². The van der Waals surface area contributed by atoms with Crippen LogP contribution in [0.1, 0.15) is 26.2 Å². The fourth-order valence-corrected chi connectivity index (χ4v) is 1.91. The van der Waals surface area contributed by atoms with E-state index >= 15 is 0 Å². The molecule has 2 N–H and O–H groups in total. The van der Waals surface area contributed by atoms with E-state index in [0.717, 1.165) is 25.8 Å². The summed E-state index contributed by atoms with van der Waals surface area (Å²) in [6.07, 6.45) is 5.15. The average molecular weight is 217 g/mol. The van der Waals surface area contributed by atoms with E-state index in [1.165, 1.54) is 10.9 Å². The Bertz CT molecular complexity index is 447. The molecule has 0 bridgehead atoms. The van der Waals surface area contributed by atoms with Gasteiger partial charge >= 0.3 is 0 Å². The van der Waals surface area contributed by atoms with E-state index in [1.54, 1.807) is 0 Å². The fourth-order valence-electron chi connectivity index (χ4n) is 1.91. The topological polar surface area (TPSA) is 43.8 Å². The van der Waals surface area contributed by atoms with Gasteiger partial charge in [0.1, 0.15) is 0 Å². The maximum atomic E-state index is 5.90. The molecule has 86 valence electrons. The van der Waals surface area contributed by atoms with Crippen LogP contribution >= 0.6 is 0 Å². The Hall–Kier alpha value is -1.35. The van der Waals surface area contributed by atoms with Crippen LogP contribution in [0.5, 0.6) is 0 Å². The molecule has 0 amide bonds. The summed E-state index contributed by atoms with van der Waals surface area (Å²) in [5.41, 5.74) is 7.11. The molecule has 1 aromatic heterocycles. The van der Waals surface area contributed by atoms with E-state index in [0.29, 0.717) is 6.04 Å². The SMILES string of the molecule is CCC(N)CCCn1ncc2ccccc21. The number of nitrogens with zero attached hydrogens (tertiary/aromatic N) is 2. The van der Waals surface area contributed by atoms with Crippen molar-refractivity contribution in [3.05, 3.63) is 30.5 Å². The van der Waals surface area contributed by atoms with Gasteiger partial charge in [-0.3, -0.25) is 4.68 Å². The Labute approximate surface area is 96.2 Å². The first kappa shape index (κ1) is 11.1. The maximum Gasteiger partial charge on any atom is 0.0682 e. The van der Waals surface area contributed by atoms with Gasteiger partial charge in [0.15, 0.2) is 0 Å². The number of hydrogen-bond donors (Lipinski definition) is 1. The fraction of sp³-hybridized carbons (Fsp3) is 0.462. The molecule has 0 aliphatic rings. The zero-order valence-electron chi connectivity index (χ0n) is 9.76. The van der Waals surface area contributed by atoms with Gasteiger partial charge in [0.2, 0.25) is 0 Å². The predicted molar refractivity (Wildman–Crippen MR) is 67.2 cm³/mol. The van der Waals surface area contributed by atoms with Crippen molar-refractivity contribution in [2.45, 2.75) is 38.8 Å². The van der Waals surface area contributed by atoms with Gasteiger partial charge in [0.25, 0.3) is 0 Å². The minimum Gasteiger partial charge on any atom is -0.328 e. The molecule has 0 saturated carbocycles. The minimum atomic E-state index is 0.335. The number of rotatable bonds is 5. The van der Waals surface area contributed by atoms with Crippen LogP contribution in [-0.2, 0) is 6.54 Å². The normalized spacial score (nSPS) is 13.1. The van der Waals surface area contributed by atoms with E-state index in [4.69, 9.17) is 5.73 Å². The number of benzene rings is 1. The lowest BCUT2D eigenvalue weighted by molar-refractivity contribution is 0.509. The molecule has 0 saturated heterocycles. The molecule has 3 heteroatoms. The molecular formula is C13H19N3. The molecule has 16 heavy (non-hydrogen) atoms. The highest BCUT2D eigenvalue weighted by molar-refractivity contribution is 5.78. The van der Waals surface area contributed by atoms with Crippen molar-refractivity contribution in [2.24, 2.45) is 5.73 Å². The summed E-state index contributed by atoms with van der Waals surface area (Å²) in [6, 6.07) is 8.64. The largest absolute Gasteiger partial charge is 0.328 e. The van der Waals surface area contributed by atoms with Crippen molar-refractivity contribution in [2.75, 3.05) is 0 Å². The van der Waals surface area contributed by atoms with E-state index in [2.05, 4.69) is 34.9 Å². The van der Waals surface area contributed by atoms with Gasteiger partial charge in [-0.1, -0.05) is 25.1 Å². The highest BCUT2D eigenvalue weighted by Gasteiger charge is 2.02. The second-order valence-corrected chi connectivity index (χ2v) is 4.24. The Balaban J connectivity index is 1.99. The molecule has 0 fully saturated rings. The number of aromatic nitrogens is 2. The average Bonchev–Trinajstić information content (AvgIpc) is 2.73. The van der Waals surface area contributed by atoms with Crippen LogP contribution in [0, 0.1) is 0 Å². The van der Waals surface area contributed by atoms with Crippen molar-refractivity contribution >= 4 is 10.9 Å². The number of para-hydroxylation sites is 1. The first-order valence-corrected chi connectivity index (χ1v) is 5.97. The van der Waals surface area contributed by atoms with Crippen molar-refractivity contribution in [3.8, 4) is 0 Å². The van der Waals surface area contributed by atoms with Crippen molar-refractivity contribution in [1.82, 2.24) is 9.78 Å². The van der Waals surface area contributed by atoms with Crippen LogP contribution in [0.15, 0.2) is 30.5 Å². The Morgan fingerprint density at radius 3 is 3.00 bits per heavy atom. The second-order valence-electron chi connectivity index (χ2n) is 4.24. The molecule has 2 rings (SSSR count). The second kappa shape index (κ2) is 5.12. The standard InChI is InChI=1S/C13H19N3/c1-2-12(14)7-5-9-16-13-8-4-3-6-11(13)10-15-16/h3-4,6,8,10,12H,2,5,7,9,14H2,1H3. The molecule has 1 aromatic carbocycles. The minimum absolute atomic E-state index is 0.335. The zero-order chi connectivity index (χ0) is 11.4. The summed E-state index contributed by atoms with van der Waals surface area (Å²) >= 11 is 0. The molecule has 1 unspecified atom stereocenters. The van der Waals surface area contributed by atoms with Crippen molar-refractivity contribution < 1.29 is 0 Å². The van der Waals surface area contributed by atoms with Crippen LogP contribution in [0.25, 0.3) is 10.9 Å². The van der Waals surface area contributed by atoms with Gasteiger partial charge in [-0.15, -0.1) is 0 Å². The third kappa shape index (κ3) is 2.42. The van der Waals surface area contributed by atoms with Crippen LogP contribution in [0.3, 0.4) is 0 Å². The molecule has 3 nitrogen and oxygen atoms in total. The van der Waals surface area contributed by atoms with Gasteiger partial charge in [-0.2, -0.15) is 5.10 Å². The van der Waals surface area contributed by atoms with Gasteiger partial charge in [0, 0.05) is 18.0 Å². The lowest BCUT2D eigenvalue weighted by Crippen LogP contribution is -2.19. The van der Waals surface area contributed by atoms with Crippen LogP contribution in [0.4, 0.5) is 0 Å². The quantitative estimate of drug-likeness (QED) is 0.836. The Kier molecular flexibility index (Phi) is 3.57. The summed E-state index contributed by atoms with van der Waals surface area (Å²) in [5, 5.41) is 5.60. The smallest absolute Gasteiger partial charge is 0.0682 e. The van der Waals surface area contributed by atoms with Crippen LogP contribution < -0.4 is 5.73 Å². The summed E-state index contributed by atoms with van der Waals surface area (Å²) in [4.78, 5) is 0. The third-order valence-corrected chi connectivity index (χ3v) is 3.02. The van der Waals surface area contributed by atoms with Crippen LogP contribution in [0.2, 0.25) is 0 Å². The molecular weight excluding hydrogens is 198 g/mol. The van der Waals surface area contributed by atoms with E-state index in [-0.39, 0.29) is 0 Å². The van der Waals surface area contributed by atoms with E-state index < -0.39 is 0 Å². The predicted octanol–water partition coefficient (Wildman–Crippen LogP) is 2.55. The highest BCUT2D eigenvalue weighted by atomic mass is 15.3. The molecule has 0 radical (unpaired) electrons. The first-order valence-electron chi connectivity index (χ1n) is 5.97. The highest BCUT2D eigenvalue weighted by Crippen LogP contribution is 2.13. The van der Waals surface area contributed by atoms with Crippen molar-refractivity contribution in [1.29, 1.82) is 0 Å². The zero-order valence-corrected chi connectivity index (χ0v) is 9.76. The molecule has 1 heterocycles. The Morgan fingerprint density at radius 2 is 2.19 bits per heavy atom. The van der Waals surface area contributed by atoms with Gasteiger partial charge in [-0.05, 0) is 25.3 Å². The van der Waals surface area contributed by atoms with E-state index in [1.807, 2.05) is 12.3 Å². The summed E-state index contributed by atoms with van der Waals surface area (Å²) in [5.74, 6) is 0. The summed E-state index contributed by atoms with van der Waals surface area (Å²) in [7, 11) is 0. The summed E-state index contributed by atoms with van der Waals surface area (Å²) in [6.45, 7) is 3.09. The van der Waals surface area contributed by atoms with E-state index in [9.17, 15) is 0 Å². The van der Waals surface area contributed by atoms with Crippen molar-refractivity contribution in [3.63, 3.8) is 0 Å². The molecule has 0 aliphatic heterocycles. The number of fused-ring (bicyclic) bond motifs is 1. The molecule has 1 atom stereocenters. The third-order valence-electron chi connectivity index (χ3n) is 3.02. The lowest BCUT2D eigenvalue weighted by Gasteiger charge is -2.08. The van der Waals surface area contributed by atoms with Gasteiger partial charge in [-0.25, -0.2) is 0 Å². The maximum absolute atomic E-state index is 5.90.